The third kappa shape index (κ3) is 5.29. The van der Waals surface area contributed by atoms with Crippen LogP contribution in [0.25, 0.3) is 10.2 Å². The number of amides is 2. The number of piperazine rings is 1. The molecule has 1 unspecified atom stereocenters. The summed E-state index contributed by atoms with van der Waals surface area (Å²) in [4.78, 5) is 42.7. The topological polar surface area (TPSA) is 133 Å². The minimum Gasteiger partial charge on any atom is -0.447 e. The molecular formula is C24H29N7O4S2. The minimum atomic E-state index is -0.869. The first-order valence-electron chi connectivity index (χ1n) is 12.0. The van der Waals surface area contributed by atoms with E-state index in [1.54, 1.807) is 35.1 Å². The molecule has 1 aromatic carbocycles. The van der Waals surface area contributed by atoms with Crippen molar-refractivity contribution in [1.29, 1.82) is 0 Å². The number of aliphatic hydroxyl groups is 1. The monoisotopic (exact) mass is 543 g/mol. The van der Waals surface area contributed by atoms with Crippen LogP contribution in [0.2, 0.25) is 0 Å². The molecule has 0 saturated carbocycles. The van der Waals surface area contributed by atoms with Crippen LogP contribution in [-0.4, -0.2) is 99.6 Å². The van der Waals surface area contributed by atoms with Gasteiger partial charge in [0.1, 0.15) is 12.1 Å². The molecule has 0 radical (unpaired) electrons. The van der Waals surface area contributed by atoms with Crippen molar-refractivity contribution in [2.24, 2.45) is 5.92 Å². The van der Waals surface area contributed by atoms with Crippen molar-refractivity contribution in [1.82, 2.24) is 24.8 Å². The number of anilines is 2. The normalized spacial score (nSPS) is 20.0. The molecule has 0 spiro atoms. The Morgan fingerprint density at radius 2 is 2.05 bits per heavy atom. The van der Waals surface area contributed by atoms with Gasteiger partial charge in [-0.1, -0.05) is 18.3 Å². The predicted octanol–water partition coefficient (Wildman–Crippen LogP) is 2.61. The fourth-order valence-electron chi connectivity index (χ4n) is 4.44. The molecule has 11 nitrogen and oxygen atoms in total. The van der Waals surface area contributed by atoms with Gasteiger partial charge in [-0.25, -0.2) is 19.7 Å². The Bertz CT molecular complexity index is 1290. The molecule has 2 atom stereocenters. The van der Waals surface area contributed by atoms with Crippen LogP contribution in [0.4, 0.5) is 15.9 Å². The lowest BCUT2D eigenvalue weighted by Crippen LogP contribution is -2.64. The fraction of sp³-hybridized carbons (Fsp3) is 0.458. The molecular weight excluding hydrogens is 514 g/mol. The van der Waals surface area contributed by atoms with Gasteiger partial charge in [0.15, 0.2) is 5.13 Å². The maximum Gasteiger partial charge on any atom is 0.410 e. The van der Waals surface area contributed by atoms with E-state index >= 15 is 0 Å². The Morgan fingerprint density at radius 3 is 2.81 bits per heavy atom. The first-order chi connectivity index (χ1) is 17.9. The molecule has 5 rings (SSSR count). The van der Waals surface area contributed by atoms with Gasteiger partial charge >= 0.3 is 6.09 Å². The number of nitrogens with zero attached hydrogens (tertiary/aromatic N) is 5. The smallest absolute Gasteiger partial charge is 0.410 e. The van der Waals surface area contributed by atoms with Crippen LogP contribution in [-0.2, 0) is 4.74 Å². The summed E-state index contributed by atoms with van der Waals surface area (Å²) < 4.78 is 6.05. The Labute approximate surface area is 222 Å². The summed E-state index contributed by atoms with van der Waals surface area (Å²) in [5.74, 6) is 0.779. The lowest BCUT2D eigenvalue weighted by Gasteiger charge is -2.43. The van der Waals surface area contributed by atoms with Gasteiger partial charge in [0.2, 0.25) is 5.95 Å². The third-order valence-electron chi connectivity index (χ3n) is 6.63. The number of hydrogen-bond donors (Lipinski definition) is 3. The second kappa shape index (κ2) is 10.7. The predicted molar refractivity (Wildman–Crippen MR) is 143 cm³/mol. The van der Waals surface area contributed by atoms with Crippen molar-refractivity contribution < 1.29 is 19.4 Å². The number of hydrogen-bond acceptors (Lipinski definition) is 11. The lowest BCUT2D eigenvalue weighted by molar-refractivity contribution is 0.0117. The van der Waals surface area contributed by atoms with Gasteiger partial charge in [-0.2, -0.15) is 0 Å². The van der Waals surface area contributed by atoms with Gasteiger partial charge in [0.05, 0.1) is 23.4 Å². The number of rotatable bonds is 9. The Hall–Kier alpha value is -3.16. The summed E-state index contributed by atoms with van der Waals surface area (Å²) in [5, 5.41) is 17.4. The van der Waals surface area contributed by atoms with E-state index < -0.39 is 11.6 Å². The number of cyclic esters (lactones) is 1. The molecule has 0 aliphatic carbocycles. The van der Waals surface area contributed by atoms with Gasteiger partial charge in [-0.3, -0.25) is 9.69 Å². The average molecular weight is 544 g/mol. The van der Waals surface area contributed by atoms with E-state index in [-0.39, 0.29) is 25.7 Å². The molecule has 2 amide bonds. The largest absolute Gasteiger partial charge is 0.447 e. The van der Waals surface area contributed by atoms with E-state index in [0.29, 0.717) is 37.1 Å². The second-order valence-corrected chi connectivity index (χ2v) is 11.2. The van der Waals surface area contributed by atoms with Crippen molar-refractivity contribution in [3.05, 3.63) is 36.2 Å². The quantitative estimate of drug-likeness (QED) is 0.346. The van der Waals surface area contributed by atoms with Crippen LogP contribution < -0.4 is 10.6 Å². The van der Waals surface area contributed by atoms with Gasteiger partial charge in [-0.15, -0.1) is 11.8 Å². The Kier molecular flexibility index (Phi) is 7.36. The number of carbonyl (C=O) groups is 2. The molecule has 2 aliphatic rings. The standard InChI is InChI=1S/C24H29N7O4S2/c1-15(8-25-21-26-10-17(36-2)11-27-21)9-28-22-29-18-4-3-16(7-19(18)37-22)20(33)30-5-6-31-23(34)35-14-24(31,12-30)13-32/h3-4,7,10-11,15,32H,5-6,8-9,12-14H2,1-2H3,(H,28,29)(H,25,26,27)/t15-,24?/m0/s1. The zero-order valence-electron chi connectivity index (χ0n) is 20.6. The summed E-state index contributed by atoms with van der Waals surface area (Å²) in [6.07, 6.45) is 5.16. The zero-order chi connectivity index (χ0) is 26.0. The number of thiazole rings is 1. The van der Waals surface area contributed by atoms with E-state index in [4.69, 9.17) is 4.74 Å². The SMILES string of the molecule is CSc1cnc(NC[C@H](C)CNc2nc3ccc(C(=O)N4CCN5C(=O)OCC5(CO)C4)cc3s2)nc1. The number of thioether (sulfide) groups is 1. The van der Waals surface area contributed by atoms with Crippen LogP contribution >= 0.6 is 23.1 Å². The number of aliphatic hydroxyl groups excluding tert-OH is 1. The van der Waals surface area contributed by atoms with Crippen molar-refractivity contribution in [2.45, 2.75) is 17.4 Å². The van der Waals surface area contributed by atoms with E-state index in [0.717, 1.165) is 26.8 Å². The van der Waals surface area contributed by atoms with Crippen LogP contribution in [0.15, 0.2) is 35.5 Å². The van der Waals surface area contributed by atoms with Crippen molar-refractivity contribution in [3.63, 3.8) is 0 Å². The van der Waals surface area contributed by atoms with Crippen molar-refractivity contribution in [2.75, 3.05) is 62.8 Å². The highest BCUT2D eigenvalue weighted by atomic mass is 32.2. The highest BCUT2D eigenvalue weighted by Gasteiger charge is 2.51. The highest BCUT2D eigenvalue weighted by molar-refractivity contribution is 7.98. The molecule has 2 aliphatic heterocycles. The van der Waals surface area contributed by atoms with E-state index in [1.165, 1.54) is 16.2 Å². The summed E-state index contributed by atoms with van der Waals surface area (Å²) >= 11 is 3.11. The van der Waals surface area contributed by atoms with E-state index in [1.807, 2.05) is 18.4 Å². The van der Waals surface area contributed by atoms with Crippen molar-refractivity contribution in [3.8, 4) is 0 Å². The van der Waals surface area contributed by atoms with E-state index in [9.17, 15) is 14.7 Å². The number of ether oxygens (including phenoxy) is 1. The first-order valence-corrected chi connectivity index (χ1v) is 14.0. The number of aromatic nitrogens is 3. The summed E-state index contributed by atoms with van der Waals surface area (Å²) in [7, 11) is 0. The number of nitrogens with one attached hydrogen (secondary N) is 2. The molecule has 4 heterocycles. The van der Waals surface area contributed by atoms with Gasteiger partial charge in [0, 0.05) is 49.0 Å². The van der Waals surface area contributed by atoms with Gasteiger partial charge in [0.25, 0.3) is 5.91 Å². The summed E-state index contributed by atoms with van der Waals surface area (Å²) in [6.45, 7) is 4.36. The lowest BCUT2D eigenvalue weighted by atomic mass is 9.96. The highest BCUT2D eigenvalue weighted by Crippen LogP contribution is 2.31. The fourth-order valence-corrected chi connectivity index (χ4v) is 5.67. The van der Waals surface area contributed by atoms with Gasteiger partial charge in [-0.05, 0) is 30.4 Å². The zero-order valence-corrected chi connectivity index (χ0v) is 22.3. The molecule has 13 heteroatoms. The van der Waals surface area contributed by atoms with Gasteiger partial charge < -0.3 is 25.4 Å². The molecule has 3 aromatic rings. The van der Waals surface area contributed by atoms with E-state index in [2.05, 4.69) is 32.5 Å². The molecule has 196 valence electrons. The van der Waals surface area contributed by atoms with Crippen LogP contribution in [0, 0.1) is 5.92 Å². The average Bonchev–Trinajstić information content (AvgIpc) is 3.50. The van der Waals surface area contributed by atoms with Crippen LogP contribution in [0.5, 0.6) is 0 Å². The number of carbonyl (C=O) groups excluding carboxylic acids is 2. The first kappa shape index (κ1) is 25.5. The summed E-state index contributed by atoms with van der Waals surface area (Å²) in [6, 6.07) is 5.48. The molecule has 37 heavy (non-hydrogen) atoms. The molecule has 2 saturated heterocycles. The molecule has 2 fully saturated rings. The summed E-state index contributed by atoms with van der Waals surface area (Å²) in [5.41, 5.74) is 0.509. The number of fused-ring (bicyclic) bond motifs is 2. The van der Waals surface area contributed by atoms with Crippen LogP contribution in [0.1, 0.15) is 17.3 Å². The Balaban J connectivity index is 1.18. The third-order valence-corrected chi connectivity index (χ3v) is 8.29. The second-order valence-electron chi connectivity index (χ2n) is 9.33. The molecule has 0 bridgehead atoms. The number of benzene rings is 1. The maximum atomic E-state index is 13.3. The maximum absolute atomic E-state index is 13.3. The van der Waals surface area contributed by atoms with Crippen LogP contribution in [0.3, 0.4) is 0 Å². The minimum absolute atomic E-state index is 0.0836. The molecule has 2 aromatic heterocycles. The van der Waals surface area contributed by atoms with Crippen molar-refractivity contribution >= 4 is 56.4 Å². The molecule has 3 N–H and O–H groups in total. The Morgan fingerprint density at radius 1 is 1.27 bits per heavy atom.